The molecular formula is C31H31BrN2O7. The summed E-state index contributed by atoms with van der Waals surface area (Å²) in [5.41, 5.74) is 1.85. The van der Waals surface area contributed by atoms with Gasteiger partial charge in [0.25, 0.3) is 11.8 Å². The van der Waals surface area contributed by atoms with E-state index in [2.05, 4.69) is 42.0 Å². The van der Waals surface area contributed by atoms with Crippen molar-refractivity contribution in [3.05, 3.63) is 81.8 Å². The Hall–Kier alpha value is -4.31. The monoisotopic (exact) mass is 622 g/mol. The molecule has 41 heavy (non-hydrogen) atoms. The molecule has 0 saturated carbocycles. The van der Waals surface area contributed by atoms with E-state index in [1.807, 2.05) is 24.3 Å². The van der Waals surface area contributed by atoms with Gasteiger partial charge < -0.3 is 18.9 Å². The predicted molar refractivity (Wildman–Crippen MR) is 159 cm³/mol. The van der Waals surface area contributed by atoms with Crippen molar-refractivity contribution in [3.8, 4) is 23.0 Å². The zero-order valence-electron chi connectivity index (χ0n) is 23.4. The highest BCUT2D eigenvalue weighted by Gasteiger charge is 2.37. The fourth-order valence-corrected chi connectivity index (χ4v) is 4.68. The van der Waals surface area contributed by atoms with Crippen LogP contribution in [0.15, 0.2) is 70.7 Å². The lowest BCUT2D eigenvalue weighted by Crippen LogP contribution is -2.54. The van der Waals surface area contributed by atoms with Crippen LogP contribution in [0.4, 0.5) is 10.5 Å². The van der Waals surface area contributed by atoms with Crippen LogP contribution in [0.2, 0.25) is 0 Å². The molecule has 1 aliphatic heterocycles. The van der Waals surface area contributed by atoms with E-state index in [1.165, 1.54) is 25.9 Å². The van der Waals surface area contributed by atoms with Crippen LogP contribution >= 0.6 is 15.9 Å². The van der Waals surface area contributed by atoms with Gasteiger partial charge in [0, 0.05) is 0 Å². The van der Waals surface area contributed by atoms with Gasteiger partial charge in [-0.1, -0.05) is 32.9 Å². The Balaban J connectivity index is 1.47. The Morgan fingerprint density at radius 3 is 2.10 bits per heavy atom. The average Bonchev–Trinajstić information content (AvgIpc) is 2.94. The first kappa shape index (κ1) is 29.7. The second-order valence-corrected chi connectivity index (χ2v) is 11.0. The molecular weight excluding hydrogens is 592 g/mol. The quantitative estimate of drug-likeness (QED) is 0.180. The predicted octanol–water partition coefficient (Wildman–Crippen LogP) is 5.89. The van der Waals surface area contributed by atoms with Gasteiger partial charge in [-0.05, 0) is 87.1 Å². The second kappa shape index (κ2) is 12.5. The molecule has 1 N–H and O–H groups in total. The molecule has 1 saturated heterocycles. The molecule has 9 nitrogen and oxygen atoms in total. The lowest BCUT2D eigenvalue weighted by Gasteiger charge is -2.26. The van der Waals surface area contributed by atoms with Crippen molar-refractivity contribution in [1.29, 1.82) is 0 Å². The van der Waals surface area contributed by atoms with Crippen LogP contribution in [0.25, 0.3) is 6.08 Å². The van der Waals surface area contributed by atoms with Crippen LogP contribution in [0, 0.1) is 0 Å². The number of carbonyl (C=O) groups excluding carboxylic acids is 3. The summed E-state index contributed by atoms with van der Waals surface area (Å²) in [5.74, 6) is 0.571. The lowest BCUT2D eigenvalue weighted by atomic mass is 9.87. The van der Waals surface area contributed by atoms with E-state index in [9.17, 15) is 14.4 Å². The maximum atomic E-state index is 13.2. The molecule has 0 spiro atoms. The molecule has 0 unspecified atom stereocenters. The summed E-state index contributed by atoms with van der Waals surface area (Å²) in [6.45, 7) is 7.02. The van der Waals surface area contributed by atoms with Gasteiger partial charge in [-0.15, -0.1) is 0 Å². The number of halogens is 1. The molecule has 0 radical (unpaired) electrons. The summed E-state index contributed by atoms with van der Waals surface area (Å²) in [7, 11) is 3.00. The summed E-state index contributed by atoms with van der Waals surface area (Å²) in [6, 6.07) is 16.8. The van der Waals surface area contributed by atoms with Gasteiger partial charge in [0.1, 0.15) is 30.3 Å². The van der Waals surface area contributed by atoms with Crippen molar-refractivity contribution in [2.24, 2.45) is 0 Å². The number of anilines is 1. The topological polar surface area (TPSA) is 103 Å². The minimum absolute atomic E-state index is 0.0635. The Kier molecular flexibility index (Phi) is 9.02. The summed E-state index contributed by atoms with van der Waals surface area (Å²) in [5, 5.41) is 2.22. The molecule has 4 rings (SSSR count). The van der Waals surface area contributed by atoms with Crippen molar-refractivity contribution in [2.75, 3.05) is 32.3 Å². The van der Waals surface area contributed by atoms with Crippen molar-refractivity contribution in [2.45, 2.75) is 26.2 Å². The van der Waals surface area contributed by atoms with E-state index >= 15 is 0 Å². The van der Waals surface area contributed by atoms with Crippen LogP contribution in [-0.2, 0) is 15.0 Å². The third kappa shape index (κ3) is 6.89. The summed E-state index contributed by atoms with van der Waals surface area (Å²) in [4.78, 5) is 39.2. The summed E-state index contributed by atoms with van der Waals surface area (Å²) < 4.78 is 22.9. The van der Waals surface area contributed by atoms with Crippen molar-refractivity contribution >= 4 is 45.5 Å². The normalized spacial score (nSPS) is 14.6. The van der Waals surface area contributed by atoms with E-state index in [0.717, 1.165) is 10.6 Å². The fourth-order valence-electron chi connectivity index (χ4n) is 4.11. The molecule has 1 heterocycles. The van der Waals surface area contributed by atoms with E-state index in [4.69, 9.17) is 18.9 Å². The molecule has 10 heteroatoms. The highest BCUT2D eigenvalue weighted by molar-refractivity contribution is 9.10. The second-order valence-electron chi connectivity index (χ2n) is 10.2. The molecule has 1 fully saturated rings. The van der Waals surface area contributed by atoms with E-state index in [1.54, 1.807) is 36.4 Å². The first-order valence-corrected chi connectivity index (χ1v) is 13.6. The van der Waals surface area contributed by atoms with Gasteiger partial charge in [0.15, 0.2) is 11.5 Å². The largest absolute Gasteiger partial charge is 0.497 e. The minimum atomic E-state index is -0.836. The number of rotatable bonds is 9. The number of nitrogens with zero attached hydrogens (tertiary/aromatic N) is 1. The number of urea groups is 1. The molecule has 214 valence electrons. The van der Waals surface area contributed by atoms with Crippen LogP contribution < -0.4 is 29.2 Å². The smallest absolute Gasteiger partial charge is 0.335 e. The Morgan fingerprint density at radius 1 is 0.854 bits per heavy atom. The molecule has 0 aliphatic carbocycles. The number of hydrogen-bond donors (Lipinski definition) is 1. The maximum Gasteiger partial charge on any atom is 0.335 e. The lowest BCUT2D eigenvalue weighted by molar-refractivity contribution is -0.122. The standard InChI is InChI=1S/C31H31BrN2O7/c1-31(2,3)20-6-10-23(11-7-20)40-14-15-41-27-25(32)17-19(18-26(27)39-5)16-24-28(35)33-30(37)34(29(24)36)21-8-12-22(38-4)13-9-21/h6-13,16-18H,14-15H2,1-5H3,(H,33,35,37). The summed E-state index contributed by atoms with van der Waals surface area (Å²) >= 11 is 3.49. The maximum absolute atomic E-state index is 13.2. The third-order valence-corrected chi connectivity index (χ3v) is 6.90. The number of carbonyl (C=O) groups is 3. The number of benzene rings is 3. The SMILES string of the molecule is COc1ccc(N2C(=O)NC(=O)C(=Cc3cc(Br)c(OCCOc4ccc(C(C)(C)C)cc4)c(OC)c3)C2=O)cc1. The van der Waals surface area contributed by atoms with E-state index in [-0.39, 0.29) is 17.6 Å². The third-order valence-electron chi connectivity index (χ3n) is 6.31. The van der Waals surface area contributed by atoms with E-state index < -0.39 is 17.8 Å². The molecule has 0 bridgehead atoms. The highest BCUT2D eigenvalue weighted by atomic mass is 79.9. The number of amides is 4. The molecule has 1 aliphatic rings. The first-order chi connectivity index (χ1) is 19.5. The highest BCUT2D eigenvalue weighted by Crippen LogP contribution is 2.37. The number of methoxy groups -OCH3 is 2. The number of ether oxygens (including phenoxy) is 4. The van der Waals surface area contributed by atoms with Gasteiger partial charge in [-0.3, -0.25) is 14.9 Å². The number of nitrogens with one attached hydrogen (secondary N) is 1. The van der Waals surface area contributed by atoms with Crippen molar-refractivity contribution in [1.82, 2.24) is 5.32 Å². The van der Waals surface area contributed by atoms with Gasteiger partial charge in [-0.25, -0.2) is 9.69 Å². The van der Waals surface area contributed by atoms with Gasteiger partial charge in [0.2, 0.25) is 0 Å². The van der Waals surface area contributed by atoms with Crippen LogP contribution in [0.3, 0.4) is 0 Å². The number of barbiturate groups is 1. The number of hydrogen-bond acceptors (Lipinski definition) is 7. The molecule has 3 aromatic rings. The molecule has 4 amide bonds. The Bertz CT molecular complexity index is 1480. The first-order valence-electron chi connectivity index (χ1n) is 12.8. The Labute approximate surface area is 247 Å². The van der Waals surface area contributed by atoms with Crippen molar-refractivity contribution < 1.29 is 33.3 Å². The molecule has 3 aromatic carbocycles. The van der Waals surface area contributed by atoms with Gasteiger partial charge in [-0.2, -0.15) is 0 Å². The van der Waals surface area contributed by atoms with Crippen molar-refractivity contribution in [3.63, 3.8) is 0 Å². The van der Waals surface area contributed by atoms with Crippen LogP contribution in [0.5, 0.6) is 23.0 Å². The van der Waals surface area contributed by atoms with Gasteiger partial charge in [0.05, 0.1) is 24.4 Å². The molecule has 0 aromatic heterocycles. The van der Waals surface area contributed by atoms with E-state index in [0.29, 0.717) is 39.6 Å². The van der Waals surface area contributed by atoms with Crippen LogP contribution in [0.1, 0.15) is 31.9 Å². The zero-order chi connectivity index (χ0) is 29.7. The van der Waals surface area contributed by atoms with Gasteiger partial charge >= 0.3 is 6.03 Å². The Morgan fingerprint density at radius 2 is 1.49 bits per heavy atom. The fraction of sp³-hybridized carbons (Fsp3) is 0.258. The zero-order valence-corrected chi connectivity index (χ0v) is 25.0. The average molecular weight is 624 g/mol. The molecule has 0 atom stereocenters. The van der Waals surface area contributed by atoms with Crippen LogP contribution in [-0.4, -0.2) is 45.3 Å². The number of imide groups is 2. The summed E-state index contributed by atoms with van der Waals surface area (Å²) in [6.07, 6.45) is 1.39. The minimum Gasteiger partial charge on any atom is -0.497 e.